The number of ether oxygens (including phenoxy) is 1. The van der Waals surface area contributed by atoms with E-state index in [1.165, 1.54) is 4.90 Å². The summed E-state index contributed by atoms with van der Waals surface area (Å²) in [5.41, 5.74) is 2.45. The second kappa shape index (κ2) is 10.3. The van der Waals surface area contributed by atoms with E-state index in [9.17, 15) is 14.4 Å². The van der Waals surface area contributed by atoms with Crippen LogP contribution in [0.5, 0.6) is 0 Å². The molecule has 3 rings (SSSR count). The molecule has 0 spiro atoms. The van der Waals surface area contributed by atoms with Gasteiger partial charge in [-0.2, -0.15) is 5.10 Å². The lowest BCUT2D eigenvalue weighted by Gasteiger charge is -2.32. The zero-order chi connectivity index (χ0) is 26.1. The van der Waals surface area contributed by atoms with Crippen molar-refractivity contribution in [1.29, 1.82) is 0 Å². The molecule has 0 aromatic carbocycles. The minimum atomic E-state index is -0.299. The van der Waals surface area contributed by atoms with Crippen molar-refractivity contribution in [3.05, 3.63) is 23.0 Å². The molecule has 9 nitrogen and oxygen atoms in total. The monoisotopic (exact) mass is 485 g/mol. The largest absolute Gasteiger partial charge is 0.466 e. The Labute approximate surface area is 207 Å². The van der Waals surface area contributed by atoms with Crippen LogP contribution in [0.15, 0.2) is 6.07 Å². The molecular formula is C26H39N5O4. The molecule has 0 atom stereocenters. The molecule has 1 saturated heterocycles. The van der Waals surface area contributed by atoms with Crippen molar-refractivity contribution in [2.75, 3.05) is 33.3 Å². The summed E-state index contributed by atoms with van der Waals surface area (Å²) >= 11 is 0. The second-order valence-electron chi connectivity index (χ2n) is 10.7. The average molecular weight is 486 g/mol. The molecular weight excluding hydrogens is 446 g/mol. The molecule has 2 amide bonds. The van der Waals surface area contributed by atoms with Crippen molar-refractivity contribution < 1.29 is 19.1 Å². The van der Waals surface area contributed by atoms with E-state index >= 15 is 0 Å². The van der Waals surface area contributed by atoms with Gasteiger partial charge in [-0.25, -0.2) is 9.67 Å². The molecule has 3 heterocycles. The summed E-state index contributed by atoms with van der Waals surface area (Å²) < 4.78 is 6.98. The molecule has 2 aromatic rings. The Morgan fingerprint density at radius 2 is 1.83 bits per heavy atom. The molecule has 0 saturated carbocycles. The number of fused-ring (bicyclic) bond motifs is 1. The Morgan fingerprint density at radius 1 is 1.20 bits per heavy atom. The lowest BCUT2D eigenvalue weighted by molar-refractivity contribution is -0.151. The van der Waals surface area contributed by atoms with Crippen molar-refractivity contribution in [3.63, 3.8) is 0 Å². The van der Waals surface area contributed by atoms with Gasteiger partial charge in [-0.1, -0.05) is 13.8 Å². The van der Waals surface area contributed by atoms with Crippen molar-refractivity contribution >= 4 is 28.8 Å². The Bertz CT molecular complexity index is 1110. The van der Waals surface area contributed by atoms with Gasteiger partial charge in [-0.3, -0.25) is 14.4 Å². The first-order chi connectivity index (χ1) is 16.3. The third kappa shape index (κ3) is 5.65. The molecule has 0 N–H and O–H groups in total. The molecule has 0 bridgehead atoms. The number of hydrogen-bond acceptors (Lipinski definition) is 6. The van der Waals surface area contributed by atoms with Gasteiger partial charge in [0.2, 0.25) is 5.91 Å². The predicted octanol–water partition coefficient (Wildman–Crippen LogP) is 3.49. The number of carbonyl (C=O) groups excluding carboxylic acids is 3. The number of hydrogen-bond donors (Lipinski definition) is 0. The van der Waals surface area contributed by atoms with Crippen LogP contribution in [0.2, 0.25) is 0 Å². The topological polar surface area (TPSA) is 97.6 Å². The number of likely N-dealkylation sites (tertiary alicyclic amines) is 1. The molecule has 1 fully saturated rings. The van der Waals surface area contributed by atoms with E-state index in [0.29, 0.717) is 43.7 Å². The second-order valence-corrected chi connectivity index (χ2v) is 10.7. The van der Waals surface area contributed by atoms with Crippen molar-refractivity contribution in [2.45, 2.75) is 72.8 Å². The van der Waals surface area contributed by atoms with Crippen LogP contribution in [-0.2, 0) is 19.9 Å². The lowest BCUT2D eigenvalue weighted by atomic mass is 9.97. The molecule has 0 radical (unpaired) electrons. The fraction of sp³-hybridized carbons (Fsp3) is 0.654. The van der Waals surface area contributed by atoms with Gasteiger partial charge in [0, 0.05) is 25.8 Å². The van der Waals surface area contributed by atoms with Crippen LogP contribution in [0.3, 0.4) is 0 Å². The van der Waals surface area contributed by atoms with Crippen LogP contribution >= 0.6 is 0 Å². The van der Waals surface area contributed by atoms with Crippen LogP contribution < -0.4 is 0 Å². The number of amides is 2. The van der Waals surface area contributed by atoms with Crippen LogP contribution in [0.1, 0.15) is 82.0 Å². The van der Waals surface area contributed by atoms with Crippen molar-refractivity contribution in [2.24, 2.45) is 5.92 Å². The highest BCUT2D eigenvalue weighted by Crippen LogP contribution is 2.29. The van der Waals surface area contributed by atoms with Crippen molar-refractivity contribution in [3.8, 4) is 0 Å². The van der Waals surface area contributed by atoms with Crippen molar-refractivity contribution in [1.82, 2.24) is 24.6 Å². The van der Waals surface area contributed by atoms with Gasteiger partial charge in [0.25, 0.3) is 5.91 Å². The van der Waals surface area contributed by atoms with E-state index in [0.717, 1.165) is 16.8 Å². The number of piperidine rings is 1. The normalized spacial score (nSPS) is 15.1. The first kappa shape index (κ1) is 26.6. The standard InChI is InChI=1S/C26H39N5O4/c1-9-35-25(34)18-10-12-30(13-11-18)21(32)15-29(8)24(33)19-14-20(16(2)3)27-23-22(19)17(4)28-31(23)26(5,6)7/h14,16,18H,9-13,15H2,1-8H3. The van der Waals surface area contributed by atoms with E-state index in [4.69, 9.17) is 14.8 Å². The SMILES string of the molecule is CCOC(=O)C1CCN(C(=O)CN(C)C(=O)c2cc(C(C)C)nc3c2c(C)nn3C(C)(C)C)CC1. The summed E-state index contributed by atoms with van der Waals surface area (Å²) in [5, 5.41) is 5.43. The van der Waals surface area contributed by atoms with Crippen LogP contribution in [-0.4, -0.2) is 75.6 Å². The molecule has 1 aliphatic rings. The lowest BCUT2D eigenvalue weighted by Crippen LogP contribution is -2.45. The van der Waals surface area contributed by atoms with Gasteiger partial charge in [0.15, 0.2) is 5.65 Å². The number of esters is 1. The van der Waals surface area contributed by atoms with Crippen LogP contribution in [0, 0.1) is 12.8 Å². The minimum Gasteiger partial charge on any atom is -0.466 e. The quantitative estimate of drug-likeness (QED) is 0.581. The van der Waals surface area contributed by atoms with Gasteiger partial charge >= 0.3 is 5.97 Å². The number of likely N-dealkylation sites (N-methyl/N-ethyl adjacent to an activating group) is 1. The third-order valence-corrected chi connectivity index (χ3v) is 6.48. The first-order valence-corrected chi connectivity index (χ1v) is 12.5. The summed E-state index contributed by atoms with van der Waals surface area (Å²) in [6.45, 7) is 15.2. The number of nitrogens with zero attached hydrogens (tertiary/aromatic N) is 5. The molecule has 0 unspecified atom stereocenters. The van der Waals surface area contributed by atoms with E-state index < -0.39 is 0 Å². The fourth-order valence-electron chi connectivity index (χ4n) is 4.45. The van der Waals surface area contributed by atoms with Gasteiger partial charge in [-0.05, 0) is 59.4 Å². The summed E-state index contributed by atoms with van der Waals surface area (Å²) in [6, 6.07) is 1.84. The van der Waals surface area contributed by atoms with Crippen LogP contribution in [0.25, 0.3) is 11.0 Å². The summed E-state index contributed by atoms with van der Waals surface area (Å²) in [4.78, 5) is 46.6. The van der Waals surface area contributed by atoms with Gasteiger partial charge in [0.05, 0.1) is 41.3 Å². The third-order valence-electron chi connectivity index (χ3n) is 6.48. The maximum absolute atomic E-state index is 13.6. The fourth-order valence-corrected chi connectivity index (χ4v) is 4.45. The summed E-state index contributed by atoms with van der Waals surface area (Å²) in [5.74, 6) is -0.589. The van der Waals surface area contributed by atoms with E-state index in [1.54, 1.807) is 18.9 Å². The summed E-state index contributed by atoms with van der Waals surface area (Å²) in [7, 11) is 1.65. The molecule has 1 aliphatic heterocycles. The van der Waals surface area contributed by atoms with Gasteiger partial charge < -0.3 is 14.5 Å². The zero-order valence-corrected chi connectivity index (χ0v) is 22.3. The maximum Gasteiger partial charge on any atom is 0.309 e. The number of rotatable bonds is 6. The highest BCUT2D eigenvalue weighted by molar-refractivity contribution is 6.07. The molecule has 2 aromatic heterocycles. The van der Waals surface area contributed by atoms with Crippen LogP contribution in [0.4, 0.5) is 0 Å². The molecule has 0 aliphatic carbocycles. The zero-order valence-electron chi connectivity index (χ0n) is 22.3. The Morgan fingerprint density at radius 3 is 2.37 bits per heavy atom. The summed E-state index contributed by atoms with van der Waals surface area (Å²) in [6.07, 6.45) is 1.16. The molecule has 192 valence electrons. The Kier molecular flexibility index (Phi) is 7.87. The number of aryl methyl sites for hydroxylation is 1. The highest BCUT2D eigenvalue weighted by atomic mass is 16.5. The van der Waals surface area contributed by atoms with E-state index in [-0.39, 0.29) is 41.7 Å². The van der Waals surface area contributed by atoms with E-state index in [1.807, 2.05) is 31.5 Å². The number of aromatic nitrogens is 3. The minimum absolute atomic E-state index is 0.0316. The maximum atomic E-state index is 13.6. The predicted molar refractivity (Wildman–Crippen MR) is 134 cm³/mol. The first-order valence-electron chi connectivity index (χ1n) is 12.5. The van der Waals surface area contributed by atoms with Gasteiger partial charge in [0.1, 0.15) is 0 Å². The number of carbonyl (C=O) groups is 3. The average Bonchev–Trinajstić information content (AvgIpc) is 3.15. The van der Waals surface area contributed by atoms with Gasteiger partial charge in [-0.15, -0.1) is 0 Å². The van der Waals surface area contributed by atoms with E-state index in [2.05, 4.69) is 20.8 Å². The molecule has 9 heteroatoms. The Balaban J connectivity index is 1.82. The smallest absolute Gasteiger partial charge is 0.309 e. The Hall–Kier alpha value is -2.97. The number of pyridine rings is 1. The molecule has 35 heavy (non-hydrogen) atoms. The highest BCUT2D eigenvalue weighted by Gasteiger charge is 2.30.